The molecule has 0 unspecified atom stereocenters. The second-order valence-electron chi connectivity index (χ2n) is 5.17. The zero-order valence-corrected chi connectivity index (χ0v) is 12.2. The summed E-state index contributed by atoms with van der Waals surface area (Å²) in [7, 11) is 0. The van der Waals surface area contributed by atoms with E-state index in [-0.39, 0.29) is 17.0 Å². The summed E-state index contributed by atoms with van der Waals surface area (Å²) in [5, 5.41) is 3.68. The van der Waals surface area contributed by atoms with Gasteiger partial charge in [-0.05, 0) is 24.1 Å². The van der Waals surface area contributed by atoms with Gasteiger partial charge in [0.25, 0.3) is 11.5 Å². The van der Waals surface area contributed by atoms with Crippen molar-refractivity contribution in [3.05, 3.63) is 81.6 Å². The molecule has 22 heavy (non-hydrogen) atoms. The standard InChI is InChI=1S/C18H16N2O2/c1-12-14-9-5-6-10-15(14)20-18(22)16(12)17(21)19-11-13-7-3-2-4-8-13/h2-10H,11H2,1H3,(H,19,21)(H,20,22). The molecule has 4 heteroatoms. The number of carbonyl (C=O) groups is 1. The normalized spacial score (nSPS) is 10.6. The summed E-state index contributed by atoms with van der Waals surface area (Å²) in [4.78, 5) is 27.3. The van der Waals surface area contributed by atoms with Crippen LogP contribution in [0.1, 0.15) is 21.5 Å². The molecule has 0 aliphatic heterocycles. The number of benzene rings is 2. The maximum absolute atomic E-state index is 12.4. The Hall–Kier alpha value is -2.88. The van der Waals surface area contributed by atoms with Crippen LogP contribution in [-0.2, 0) is 6.54 Å². The first-order valence-electron chi connectivity index (χ1n) is 7.10. The van der Waals surface area contributed by atoms with Crippen molar-refractivity contribution in [3.63, 3.8) is 0 Å². The first-order chi connectivity index (χ1) is 10.7. The van der Waals surface area contributed by atoms with Crippen molar-refractivity contribution in [1.29, 1.82) is 0 Å². The number of pyridine rings is 1. The smallest absolute Gasteiger partial charge is 0.261 e. The van der Waals surface area contributed by atoms with Crippen LogP contribution in [0.2, 0.25) is 0 Å². The molecule has 2 aromatic carbocycles. The molecule has 4 nitrogen and oxygen atoms in total. The second kappa shape index (κ2) is 5.85. The summed E-state index contributed by atoms with van der Waals surface area (Å²) < 4.78 is 0. The van der Waals surface area contributed by atoms with Gasteiger partial charge in [-0.1, -0.05) is 48.5 Å². The molecule has 3 rings (SSSR count). The zero-order valence-electron chi connectivity index (χ0n) is 12.2. The lowest BCUT2D eigenvalue weighted by atomic mass is 10.0. The van der Waals surface area contributed by atoms with Crippen molar-refractivity contribution in [2.45, 2.75) is 13.5 Å². The Bertz CT molecular complexity index is 882. The number of amides is 1. The van der Waals surface area contributed by atoms with Crippen molar-refractivity contribution in [1.82, 2.24) is 10.3 Å². The molecule has 1 aromatic heterocycles. The molecule has 1 amide bonds. The Morgan fingerprint density at radius 3 is 2.50 bits per heavy atom. The number of aromatic amines is 1. The maximum Gasteiger partial charge on any atom is 0.261 e. The van der Waals surface area contributed by atoms with E-state index in [1.807, 2.05) is 54.6 Å². The molecule has 2 N–H and O–H groups in total. The topological polar surface area (TPSA) is 62.0 Å². The summed E-state index contributed by atoms with van der Waals surface area (Å²) in [6.07, 6.45) is 0. The Morgan fingerprint density at radius 1 is 1.05 bits per heavy atom. The van der Waals surface area contributed by atoms with Crippen LogP contribution in [0.15, 0.2) is 59.4 Å². The number of rotatable bonds is 3. The summed E-state index contributed by atoms with van der Waals surface area (Å²) in [6.45, 7) is 2.19. The van der Waals surface area contributed by atoms with Crippen LogP contribution in [0.5, 0.6) is 0 Å². The van der Waals surface area contributed by atoms with Gasteiger partial charge in [-0.15, -0.1) is 0 Å². The quantitative estimate of drug-likeness (QED) is 0.779. The van der Waals surface area contributed by atoms with Gasteiger partial charge >= 0.3 is 0 Å². The molecular weight excluding hydrogens is 276 g/mol. The van der Waals surface area contributed by atoms with Crippen molar-refractivity contribution >= 4 is 16.8 Å². The molecule has 0 aliphatic carbocycles. The van der Waals surface area contributed by atoms with Gasteiger partial charge < -0.3 is 10.3 Å². The number of hydrogen-bond donors (Lipinski definition) is 2. The van der Waals surface area contributed by atoms with Crippen molar-refractivity contribution in [2.24, 2.45) is 0 Å². The first-order valence-corrected chi connectivity index (χ1v) is 7.10. The van der Waals surface area contributed by atoms with E-state index in [4.69, 9.17) is 0 Å². The summed E-state index contributed by atoms with van der Waals surface area (Å²) in [6, 6.07) is 17.1. The van der Waals surface area contributed by atoms with Crippen LogP contribution in [0, 0.1) is 6.92 Å². The number of carbonyl (C=O) groups excluding carboxylic acids is 1. The third kappa shape index (κ3) is 2.63. The third-order valence-electron chi connectivity index (χ3n) is 3.70. The number of H-pyrrole nitrogens is 1. The number of fused-ring (bicyclic) bond motifs is 1. The molecule has 1 heterocycles. The molecule has 0 aliphatic rings. The second-order valence-corrected chi connectivity index (χ2v) is 5.17. The maximum atomic E-state index is 12.4. The largest absolute Gasteiger partial charge is 0.348 e. The molecule has 0 saturated heterocycles. The molecule has 0 saturated carbocycles. The molecular formula is C18H16N2O2. The van der Waals surface area contributed by atoms with Gasteiger partial charge in [0.05, 0.1) is 0 Å². The molecule has 0 atom stereocenters. The van der Waals surface area contributed by atoms with E-state index in [2.05, 4.69) is 10.3 Å². The van der Waals surface area contributed by atoms with Crippen LogP contribution in [0.3, 0.4) is 0 Å². The van der Waals surface area contributed by atoms with E-state index in [0.29, 0.717) is 12.1 Å². The minimum atomic E-state index is -0.359. The van der Waals surface area contributed by atoms with Crippen LogP contribution in [0.4, 0.5) is 0 Å². The minimum Gasteiger partial charge on any atom is -0.348 e. The van der Waals surface area contributed by atoms with Crippen LogP contribution < -0.4 is 10.9 Å². The highest BCUT2D eigenvalue weighted by molar-refractivity contribution is 5.99. The number of hydrogen-bond acceptors (Lipinski definition) is 2. The van der Waals surface area contributed by atoms with E-state index in [0.717, 1.165) is 16.5 Å². The lowest BCUT2D eigenvalue weighted by molar-refractivity contribution is 0.0949. The van der Waals surface area contributed by atoms with Gasteiger partial charge in [0.1, 0.15) is 5.56 Å². The van der Waals surface area contributed by atoms with Gasteiger partial charge in [0.2, 0.25) is 0 Å². The predicted molar refractivity (Wildman–Crippen MR) is 86.9 cm³/mol. The Morgan fingerprint density at radius 2 is 1.73 bits per heavy atom. The predicted octanol–water partition coefficient (Wildman–Crippen LogP) is 2.77. The van der Waals surface area contributed by atoms with Crippen molar-refractivity contribution in [2.75, 3.05) is 0 Å². The Labute approximate surface area is 127 Å². The van der Waals surface area contributed by atoms with E-state index in [1.165, 1.54) is 0 Å². The number of para-hydroxylation sites is 1. The Kier molecular flexibility index (Phi) is 3.74. The summed E-state index contributed by atoms with van der Waals surface area (Å²) >= 11 is 0. The van der Waals surface area contributed by atoms with Gasteiger partial charge in [0.15, 0.2) is 0 Å². The van der Waals surface area contributed by atoms with Gasteiger partial charge in [-0.25, -0.2) is 0 Å². The highest BCUT2D eigenvalue weighted by atomic mass is 16.2. The fourth-order valence-corrected chi connectivity index (χ4v) is 2.55. The van der Waals surface area contributed by atoms with Gasteiger partial charge in [-0.3, -0.25) is 9.59 Å². The summed E-state index contributed by atoms with van der Waals surface area (Å²) in [5.41, 5.74) is 2.25. The zero-order chi connectivity index (χ0) is 15.5. The minimum absolute atomic E-state index is 0.176. The fourth-order valence-electron chi connectivity index (χ4n) is 2.55. The average Bonchev–Trinajstić information content (AvgIpc) is 2.54. The van der Waals surface area contributed by atoms with Crippen molar-refractivity contribution in [3.8, 4) is 0 Å². The van der Waals surface area contributed by atoms with E-state index in [9.17, 15) is 9.59 Å². The lowest BCUT2D eigenvalue weighted by Crippen LogP contribution is -2.30. The molecule has 0 bridgehead atoms. The molecule has 3 aromatic rings. The number of aromatic nitrogens is 1. The molecule has 0 fully saturated rings. The van der Waals surface area contributed by atoms with Crippen LogP contribution in [0.25, 0.3) is 10.9 Å². The van der Waals surface area contributed by atoms with E-state index in [1.54, 1.807) is 6.92 Å². The highest BCUT2D eigenvalue weighted by Crippen LogP contribution is 2.16. The van der Waals surface area contributed by atoms with Gasteiger partial charge in [0, 0.05) is 17.4 Å². The molecule has 0 radical (unpaired) electrons. The van der Waals surface area contributed by atoms with Gasteiger partial charge in [-0.2, -0.15) is 0 Å². The fraction of sp³-hybridized carbons (Fsp3) is 0.111. The van der Waals surface area contributed by atoms with Crippen LogP contribution >= 0.6 is 0 Å². The molecule has 0 spiro atoms. The van der Waals surface area contributed by atoms with E-state index >= 15 is 0 Å². The summed E-state index contributed by atoms with van der Waals surface area (Å²) in [5.74, 6) is -0.353. The first kappa shape index (κ1) is 14.1. The highest BCUT2D eigenvalue weighted by Gasteiger charge is 2.16. The monoisotopic (exact) mass is 292 g/mol. The van der Waals surface area contributed by atoms with Crippen LogP contribution in [-0.4, -0.2) is 10.9 Å². The lowest BCUT2D eigenvalue weighted by Gasteiger charge is -2.09. The van der Waals surface area contributed by atoms with Crippen molar-refractivity contribution < 1.29 is 4.79 Å². The average molecular weight is 292 g/mol. The Balaban J connectivity index is 1.92. The number of nitrogens with one attached hydrogen (secondary N) is 2. The molecule has 110 valence electrons. The SMILES string of the molecule is Cc1c(C(=O)NCc2ccccc2)c(=O)[nH]c2ccccc12. The van der Waals surface area contributed by atoms with E-state index < -0.39 is 0 Å². The number of aryl methyl sites for hydroxylation is 1. The third-order valence-corrected chi connectivity index (χ3v) is 3.70.